The molecule has 0 radical (unpaired) electrons. The van der Waals surface area contributed by atoms with Crippen LogP contribution in [0.15, 0.2) is 0 Å². The van der Waals surface area contributed by atoms with E-state index in [0.29, 0.717) is 4.90 Å². The number of hydrogen-bond donors (Lipinski definition) is 1. The lowest BCUT2D eigenvalue weighted by Gasteiger charge is -2.20. The zero-order valence-corrected chi connectivity index (χ0v) is 13.4. The van der Waals surface area contributed by atoms with E-state index in [1.54, 1.807) is 0 Å². The summed E-state index contributed by atoms with van der Waals surface area (Å²) in [5, 5.41) is 8.37. The van der Waals surface area contributed by atoms with Crippen molar-refractivity contribution in [1.82, 2.24) is 4.90 Å². The van der Waals surface area contributed by atoms with Crippen LogP contribution in [-0.2, 0) is 4.79 Å². The first-order valence-corrected chi connectivity index (χ1v) is 7.21. The highest BCUT2D eigenvalue weighted by molar-refractivity contribution is 6.55. The molecule has 0 aliphatic carbocycles. The molecule has 0 aromatic heterocycles. The molecule has 0 saturated carbocycles. The Morgan fingerprint density at radius 3 is 1.67 bits per heavy atom. The van der Waals surface area contributed by atoms with Gasteiger partial charge in [0, 0.05) is 0 Å². The van der Waals surface area contributed by atoms with Gasteiger partial charge in [0.2, 0.25) is 0 Å². The molecule has 1 aromatic rings. The topological polar surface area (TPSA) is 74.7 Å². The van der Waals surface area contributed by atoms with Crippen LogP contribution in [0.25, 0.3) is 0 Å². The number of rotatable bonds is 3. The maximum Gasteiger partial charge on any atom is 0.326 e. The summed E-state index contributed by atoms with van der Waals surface area (Å²) in [5.74, 6) is -3.01. The summed E-state index contributed by atoms with van der Waals surface area (Å²) in [5.41, 5.74) is -0.443. The summed E-state index contributed by atoms with van der Waals surface area (Å²) < 4.78 is 0. The minimum atomic E-state index is -1.32. The standard InChI is InChI=1S/C12H7Cl4NO4/c1-2-3(12(20)21)17-10(18)4-5(11(17)19)7(14)9(16)8(15)6(4)13/h3H,2H2,1H3,(H,20,21)/t3-/m1/s1. The Bertz CT molecular complexity index is 642. The van der Waals surface area contributed by atoms with Gasteiger partial charge < -0.3 is 5.11 Å². The third kappa shape index (κ3) is 2.28. The van der Waals surface area contributed by atoms with E-state index in [0.717, 1.165) is 0 Å². The molecule has 0 saturated heterocycles. The number of carboxylic acids is 1. The zero-order valence-electron chi connectivity index (χ0n) is 10.4. The van der Waals surface area contributed by atoms with Crippen LogP contribution in [0.2, 0.25) is 20.1 Å². The van der Waals surface area contributed by atoms with E-state index in [9.17, 15) is 14.4 Å². The van der Waals surface area contributed by atoms with Gasteiger partial charge in [-0.3, -0.25) is 14.5 Å². The molecule has 1 heterocycles. The fourth-order valence-electron chi connectivity index (χ4n) is 2.12. The highest BCUT2D eigenvalue weighted by atomic mass is 35.5. The second-order valence-corrected chi connectivity index (χ2v) is 5.76. The number of benzene rings is 1. The van der Waals surface area contributed by atoms with Crippen molar-refractivity contribution in [3.05, 3.63) is 31.2 Å². The third-order valence-electron chi connectivity index (χ3n) is 3.12. The van der Waals surface area contributed by atoms with Gasteiger partial charge in [0.05, 0.1) is 31.2 Å². The van der Waals surface area contributed by atoms with Crippen molar-refractivity contribution in [3.8, 4) is 0 Å². The normalized spacial score (nSPS) is 15.4. The minimum absolute atomic E-state index is 0.0392. The Hall–Kier alpha value is -1.01. The average Bonchev–Trinajstić information content (AvgIpc) is 2.68. The van der Waals surface area contributed by atoms with Crippen molar-refractivity contribution >= 4 is 64.2 Å². The first-order chi connectivity index (χ1) is 9.73. The molecule has 0 bridgehead atoms. The molecule has 0 fully saturated rings. The number of fused-ring (bicyclic) bond motifs is 1. The maximum absolute atomic E-state index is 12.3. The summed E-state index contributed by atoms with van der Waals surface area (Å²) in [7, 11) is 0. The van der Waals surface area contributed by atoms with Gasteiger partial charge in [-0.1, -0.05) is 53.3 Å². The van der Waals surface area contributed by atoms with Crippen LogP contribution in [-0.4, -0.2) is 33.8 Å². The van der Waals surface area contributed by atoms with E-state index in [-0.39, 0.29) is 37.6 Å². The number of carbonyl (C=O) groups excluding carboxylic acids is 2. The molecule has 21 heavy (non-hydrogen) atoms. The van der Waals surface area contributed by atoms with Crippen LogP contribution in [0.3, 0.4) is 0 Å². The average molecular weight is 371 g/mol. The van der Waals surface area contributed by atoms with Gasteiger partial charge in [-0.05, 0) is 6.42 Å². The van der Waals surface area contributed by atoms with Crippen molar-refractivity contribution in [2.45, 2.75) is 19.4 Å². The van der Waals surface area contributed by atoms with Crippen molar-refractivity contribution in [3.63, 3.8) is 0 Å². The Morgan fingerprint density at radius 2 is 1.38 bits per heavy atom. The lowest BCUT2D eigenvalue weighted by molar-refractivity contribution is -0.141. The van der Waals surface area contributed by atoms with Gasteiger partial charge in [-0.2, -0.15) is 0 Å². The van der Waals surface area contributed by atoms with Gasteiger partial charge >= 0.3 is 5.97 Å². The summed E-state index contributed by atoms with van der Waals surface area (Å²) >= 11 is 23.6. The predicted octanol–water partition coefficient (Wildman–Crippen LogP) is 3.76. The number of hydrogen-bond acceptors (Lipinski definition) is 3. The first kappa shape index (κ1) is 16.4. The minimum Gasteiger partial charge on any atom is -0.480 e. The Balaban J connectivity index is 2.71. The lowest BCUT2D eigenvalue weighted by Crippen LogP contribution is -2.44. The smallest absolute Gasteiger partial charge is 0.326 e. The molecular formula is C12H7Cl4NO4. The van der Waals surface area contributed by atoms with E-state index >= 15 is 0 Å². The van der Waals surface area contributed by atoms with Gasteiger partial charge in [0.15, 0.2) is 0 Å². The lowest BCUT2D eigenvalue weighted by atomic mass is 10.1. The van der Waals surface area contributed by atoms with E-state index in [2.05, 4.69) is 0 Å². The highest BCUT2D eigenvalue weighted by Crippen LogP contribution is 2.45. The molecule has 1 aliphatic heterocycles. The van der Waals surface area contributed by atoms with E-state index in [1.807, 2.05) is 0 Å². The summed E-state index contributed by atoms with van der Waals surface area (Å²) in [6.45, 7) is 1.53. The molecule has 0 spiro atoms. The van der Waals surface area contributed by atoms with E-state index in [4.69, 9.17) is 51.5 Å². The molecule has 2 amide bonds. The van der Waals surface area contributed by atoms with Crippen molar-refractivity contribution < 1.29 is 19.5 Å². The predicted molar refractivity (Wildman–Crippen MR) is 78.7 cm³/mol. The molecule has 1 N–H and O–H groups in total. The van der Waals surface area contributed by atoms with Crippen molar-refractivity contribution in [1.29, 1.82) is 0 Å². The van der Waals surface area contributed by atoms with E-state index < -0.39 is 23.8 Å². The molecule has 0 unspecified atom stereocenters. The Kier molecular flexibility index (Phi) is 4.40. The number of carbonyl (C=O) groups is 3. The molecule has 5 nitrogen and oxygen atoms in total. The van der Waals surface area contributed by atoms with Crippen LogP contribution in [0, 0.1) is 0 Å². The van der Waals surface area contributed by atoms with Crippen molar-refractivity contribution in [2.75, 3.05) is 0 Å². The van der Waals surface area contributed by atoms with Crippen LogP contribution in [0.4, 0.5) is 0 Å². The molecule has 1 atom stereocenters. The number of halogens is 4. The van der Waals surface area contributed by atoms with Crippen LogP contribution >= 0.6 is 46.4 Å². The second kappa shape index (κ2) is 5.65. The largest absolute Gasteiger partial charge is 0.480 e. The van der Waals surface area contributed by atoms with Gasteiger partial charge in [-0.15, -0.1) is 0 Å². The quantitative estimate of drug-likeness (QED) is 0.499. The SMILES string of the molecule is CC[C@H](C(=O)O)N1C(=O)c2c(Cl)c(Cl)c(Cl)c(Cl)c2C1=O. The maximum atomic E-state index is 12.3. The molecule has 1 aromatic carbocycles. The second-order valence-electron chi connectivity index (χ2n) is 4.25. The van der Waals surface area contributed by atoms with Gasteiger partial charge in [0.25, 0.3) is 11.8 Å². The highest BCUT2D eigenvalue weighted by Gasteiger charge is 2.46. The fraction of sp³-hybridized carbons (Fsp3) is 0.250. The first-order valence-electron chi connectivity index (χ1n) is 5.70. The molecule has 9 heteroatoms. The molecular weight excluding hydrogens is 364 g/mol. The number of imide groups is 1. The number of nitrogens with zero attached hydrogens (tertiary/aromatic N) is 1. The third-order valence-corrected chi connectivity index (χ3v) is 4.92. The fourth-order valence-corrected chi connectivity index (χ4v) is 3.13. The van der Waals surface area contributed by atoms with Gasteiger partial charge in [-0.25, -0.2) is 4.79 Å². The van der Waals surface area contributed by atoms with Crippen LogP contribution < -0.4 is 0 Å². The number of amides is 2. The molecule has 2 rings (SSSR count). The Morgan fingerprint density at radius 1 is 1.00 bits per heavy atom. The summed E-state index contributed by atoms with van der Waals surface area (Å²) in [6, 6.07) is -1.32. The van der Waals surface area contributed by atoms with Crippen LogP contribution in [0.1, 0.15) is 34.1 Å². The molecule has 1 aliphatic rings. The number of aliphatic carboxylic acids is 1. The molecule has 112 valence electrons. The van der Waals surface area contributed by atoms with Crippen molar-refractivity contribution in [2.24, 2.45) is 0 Å². The number of carboxylic acid groups (broad SMARTS) is 1. The monoisotopic (exact) mass is 369 g/mol. The van der Waals surface area contributed by atoms with Crippen LogP contribution in [0.5, 0.6) is 0 Å². The summed E-state index contributed by atoms with van der Waals surface area (Å²) in [6.07, 6.45) is 0.0392. The van der Waals surface area contributed by atoms with Gasteiger partial charge in [0.1, 0.15) is 6.04 Å². The summed E-state index contributed by atoms with van der Waals surface area (Å²) in [4.78, 5) is 36.5. The van der Waals surface area contributed by atoms with E-state index in [1.165, 1.54) is 6.92 Å². The zero-order chi connectivity index (χ0) is 16.1. The Labute approximate surface area is 139 Å².